The summed E-state index contributed by atoms with van der Waals surface area (Å²) >= 11 is 1.50. The van der Waals surface area contributed by atoms with Crippen LogP contribution in [0.3, 0.4) is 0 Å². The lowest BCUT2D eigenvalue weighted by Crippen LogP contribution is -2.38. The van der Waals surface area contributed by atoms with Crippen molar-refractivity contribution in [3.63, 3.8) is 0 Å². The van der Waals surface area contributed by atoms with Gasteiger partial charge in [0, 0.05) is 30.8 Å². The number of carbonyl (C=O) groups excluding carboxylic acids is 2. The molecular formula is C20H21ClFNO3S. The molecule has 27 heavy (non-hydrogen) atoms. The van der Waals surface area contributed by atoms with Crippen molar-refractivity contribution in [2.75, 3.05) is 6.54 Å². The lowest BCUT2D eigenvalue weighted by atomic mass is 9.95. The van der Waals surface area contributed by atoms with Gasteiger partial charge in [-0.05, 0) is 48.6 Å². The Morgan fingerprint density at radius 1 is 1.26 bits per heavy atom. The first-order valence-electron chi connectivity index (χ1n) is 8.84. The number of ketones is 1. The number of esters is 1. The number of halogens is 2. The fourth-order valence-corrected chi connectivity index (χ4v) is 4.58. The van der Waals surface area contributed by atoms with E-state index in [0.29, 0.717) is 11.6 Å². The lowest BCUT2D eigenvalue weighted by Gasteiger charge is -2.34. The molecule has 0 amide bonds. The van der Waals surface area contributed by atoms with Crippen LogP contribution in [-0.4, -0.2) is 23.2 Å². The molecular weight excluding hydrogens is 389 g/mol. The van der Waals surface area contributed by atoms with Crippen molar-refractivity contribution in [2.24, 2.45) is 5.92 Å². The number of thiophene rings is 1. The van der Waals surface area contributed by atoms with Crippen LogP contribution in [0.25, 0.3) is 0 Å². The number of ether oxygens (including phenoxy) is 1. The molecule has 4 rings (SSSR count). The molecule has 1 aromatic heterocycles. The van der Waals surface area contributed by atoms with Crippen molar-refractivity contribution in [1.29, 1.82) is 0 Å². The minimum absolute atomic E-state index is 0. The Kier molecular flexibility index (Phi) is 5.99. The number of hydrogen-bond acceptors (Lipinski definition) is 5. The zero-order valence-corrected chi connectivity index (χ0v) is 16.6. The van der Waals surface area contributed by atoms with Crippen molar-refractivity contribution < 1.29 is 18.7 Å². The van der Waals surface area contributed by atoms with Gasteiger partial charge in [0.2, 0.25) is 0 Å². The number of Topliss-reactive ketones (excluding diaryl/α,β-unsaturated/α-hetero) is 1. The fourth-order valence-electron chi connectivity index (χ4n) is 3.53. The van der Waals surface area contributed by atoms with Crippen LogP contribution in [0.4, 0.5) is 4.39 Å². The molecule has 2 aliphatic rings. The normalized spacial score (nSPS) is 17.6. The van der Waals surface area contributed by atoms with Crippen molar-refractivity contribution in [3.05, 3.63) is 52.2 Å². The zero-order valence-electron chi connectivity index (χ0n) is 14.9. The van der Waals surface area contributed by atoms with Crippen molar-refractivity contribution in [1.82, 2.24) is 4.90 Å². The van der Waals surface area contributed by atoms with Gasteiger partial charge in [0.25, 0.3) is 0 Å². The number of carbonyl (C=O) groups is 2. The Labute approximate surface area is 167 Å². The third-order valence-corrected chi connectivity index (χ3v) is 6.03. The molecule has 0 spiro atoms. The Morgan fingerprint density at radius 3 is 2.59 bits per heavy atom. The summed E-state index contributed by atoms with van der Waals surface area (Å²) in [6, 6.07) is 7.83. The van der Waals surface area contributed by atoms with Crippen LogP contribution in [0.15, 0.2) is 30.3 Å². The van der Waals surface area contributed by atoms with E-state index >= 15 is 0 Å². The molecule has 4 nitrogen and oxygen atoms in total. The van der Waals surface area contributed by atoms with Gasteiger partial charge in [-0.2, -0.15) is 0 Å². The summed E-state index contributed by atoms with van der Waals surface area (Å²) in [4.78, 5) is 27.5. The molecule has 1 aliphatic heterocycles. The van der Waals surface area contributed by atoms with Crippen LogP contribution in [-0.2, 0) is 22.6 Å². The molecule has 0 radical (unpaired) electrons. The molecule has 2 heterocycles. The van der Waals surface area contributed by atoms with E-state index in [1.807, 2.05) is 6.07 Å². The SMILES string of the molecule is CC(=O)Oc1cc2c(s1)CCN(C(C(=O)C1CC1)c1ccc(F)cc1)C2.Cl. The predicted molar refractivity (Wildman–Crippen MR) is 104 cm³/mol. The van der Waals surface area contributed by atoms with Gasteiger partial charge in [0.15, 0.2) is 10.8 Å². The first-order chi connectivity index (χ1) is 12.5. The molecule has 0 saturated heterocycles. The van der Waals surface area contributed by atoms with E-state index in [9.17, 15) is 14.0 Å². The van der Waals surface area contributed by atoms with Gasteiger partial charge in [0.05, 0.1) is 6.04 Å². The minimum Gasteiger partial charge on any atom is -0.416 e. The minimum atomic E-state index is -0.340. The third kappa shape index (κ3) is 4.39. The Bertz CT molecular complexity index is 847. The van der Waals surface area contributed by atoms with Gasteiger partial charge in [-0.3, -0.25) is 14.5 Å². The van der Waals surface area contributed by atoms with E-state index in [1.54, 1.807) is 12.1 Å². The van der Waals surface area contributed by atoms with Crippen LogP contribution in [0.2, 0.25) is 0 Å². The molecule has 1 fully saturated rings. The van der Waals surface area contributed by atoms with E-state index in [-0.39, 0.29) is 41.9 Å². The predicted octanol–water partition coefficient (Wildman–Crippen LogP) is 4.31. The van der Waals surface area contributed by atoms with Crippen molar-refractivity contribution >= 4 is 35.5 Å². The molecule has 1 aromatic carbocycles. The van der Waals surface area contributed by atoms with Gasteiger partial charge in [0.1, 0.15) is 5.82 Å². The average Bonchev–Trinajstić information content (AvgIpc) is 3.37. The Hall–Kier alpha value is -1.76. The van der Waals surface area contributed by atoms with Crippen LogP contribution < -0.4 is 4.74 Å². The number of hydrogen-bond donors (Lipinski definition) is 0. The maximum absolute atomic E-state index is 13.3. The molecule has 2 aromatic rings. The summed E-state index contributed by atoms with van der Waals surface area (Å²) in [6.07, 6.45) is 2.71. The second-order valence-corrected chi connectivity index (χ2v) is 8.06. The van der Waals surface area contributed by atoms with Crippen molar-refractivity contribution in [3.8, 4) is 5.06 Å². The van der Waals surface area contributed by atoms with Gasteiger partial charge < -0.3 is 4.74 Å². The molecule has 0 N–H and O–H groups in total. The first-order valence-corrected chi connectivity index (χ1v) is 9.66. The van der Waals surface area contributed by atoms with Crippen LogP contribution >= 0.6 is 23.7 Å². The molecule has 1 unspecified atom stereocenters. The average molecular weight is 410 g/mol. The summed E-state index contributed by atoms with van der Waals surface area (Å²) in [5.74, 6) is -0.259. The highest BCUT2D eigenvalue weighted by Crippen LogP contribution is 2.40. The maximum Gasteiger partial charge on any atom is 0.308 e. The maximum atomic E-state index is 13.3. The highest BCUT2D eigenvalue weighted by atomic mass is 35.5. The van der Waals surface area contributed by atoms with Gasteiger partial charge in [-0.1, -0.05) is 12.1 Å². The van der Waals surface area contributed by atoms with E-state index < -0.39 is 0 Å². The highest BCUT2D eigenvalue weighted by Gasteiger charge is 2.39. The third-order valence-electron chi connectivity index (χ3n) is 4.92. The van der Waals surface area contributed by atoms with Crippen LogP contribution in [0.1, 0.15) is 41.8 Å². The summed E-state index contributed by atoms with van der Waals surface area (Å²) in [5.41, 5.74) is 1.95. The molecule has 1 aliphatic carbocycles. The van der Waals surface area contributed by atoms with Crippen LogP contribution in [0, 0.1) is 11.7 Å². The van der Waals surface area contributed by atoms with E-state index in [2.05, 4.69) is 4.90 Å². The standard InChI is InChI=1S/C20H20FNO3S.ClH/c1-12(23)25-18-10-15-11-22(9-8-17(15)26-18)19(20(24)14-2-3-14)13-4-6-16(21)7-5-13;/h4-7,10,14,19H,2-3,8-9,11H2,1H3;1H. The first kappa shape index (κ1) is 20.0. The van der Waals surface area contributed by atoms with Gasteiger partial charge in [-0.25, -0.2) is 4.39 Å². The molecule has 1 atom stereocenters. The quantitative estimate of drug-likeness (QED) is 0.690. The number of rotatable bonds is 5. The van der Waals surface area contributed by atoms with E-state index in [0.717, 1.165) is 36.9 Å². The Balaban J connectivity index is 0.00000210. The summed E-state index contributed by atoms with van der Waals surface area (Å²) < 4.78 is 18.5. The monoisotopic (exact) mass is 409 g/mol. The summed E-state index contributed by atoms with van der Waals surface area (Å²) in [5, 5.41) is 0.608. The second-order valence-electron chi connectivity index (χ2n) is 6.96. The van der Waals surface area contributed by atoms with Crippen LogP contribution in [0.5, 0.6) is 5.06 Å². The summed E-state index contributed by atoms with van der Waals surface area (Å²) in [7, 11) is 0. The molecule has 144 valence electrons. The van der Waals surface area contributed by atoms with Gasteiger partial charge in [-0.15, -0.1) is 23.7 Å². The molecule has 0 bridgehead atoms. The topological polar surface area (TPSA) is 46.6 Å². The fraction of sp³-hybridized carbons (Fsp3) is 0.400. The van der Waals surface area contributed by atoms with Crippen molar-refractivity contribution in [2.45, 2.75) is 38.8 Å². The smallest absolute Gasteiger partial charge is 0.308 e. The molecule has 7 heteroatoms. The highest BCUT2D eigenvalue weighted by molar-refractivity contribution is 7.14. The van der Waals surface area contributed by atoms with E-state index in [4.69, 9.17) is 4.74 Å². The largest absolute Gasteiger partial charge is 0.416 e. The molecule has 1 saturated carbocycles. The Morgan fingerprint density at radius 2 is 1.96 bits per heavy atom. The van der Waals surface area contributed by atoms with E-state index in [1.165, 1.54) is 35.3 Å². The summed E-state index contributed by atoms with van der Waals surface area (Å²) in [6.45, 7) is 2.78. The zero-order chi connectivity index (χ0) is 18.3. The number of fused-ring (bicyclic) bond motifs is 1. The number of nitrogens with zero attached hydrogens (tertiary/aromatic N) is 1. The van der Waals surface area contributed by atoms with Gasteiger partial charge >= 0.3 is 5.97 Å². The number of benzene rings is 1. The second kappa shape index (κ2) is 8.09. The lowest BCUT2D eigenvalue weighted by molar-refractivity contribution is -0.131.